The molecule has 0 fully saturated rings. The van der Waals surface area contributed by atoms with E-state index in [1.54, 1.807) is 11.3 Å². The monoisotopic (exact) mass is 256 g/mol. The Bertz CT molecular complexity index is 334. The van der Waals surface area contributed by atoms with Crippen LogP contribution in [0.1, 0.15) is 50.1 Å². The zero-order chi connectivity index (χ0) is 12.9. The van der Waals surface area contributed by atoms with Crippen LogP contribution in [0.5, 0.6) is 0 Å². The molecule has 0 bridgehead atoms. The molecule has 0 saturated carbocycles. The van der Waals surface area contributed by atoms with Crippen LogP contribution in [0.25, 0.3) is 0 Å². The molecule has 0 saturated heterocycles. The predicted molar refractivity (Wildman–Crippen MR) is 74.1 cm³/mol. The minimum absolute atomic E-state index is 0.0671. The lowest BCUT2D eigenvalue weighted by atomic mass is 9.86. The molecule has 3 N–H and O–H groups in total. The summed E-state index contributed by atoms with van der Waals surface area (Å²) in [5, 5.41) is 2.11. The van der Waals surface area contributed by atoms with Crippen LogP contribution in [0.4, 0.5) is 0 Å². The summed E-state index contributed by atoms with van der Waals surface area (Å²) < 4.78 is 6.02. The first kappa shape index (κ1) is 14.6. The van der Waals surface area contributed by atoms with Gasteiger partial charge >= 0.3 is 0 Å². The quantitative estimate of drug-likeness (QED) is 0.582. The second kappa shape index (κ2) is 6.50. The Morgan fingerprint density at radius 1 is 1.41 bits per heavy atom. The summed E-state index contributed by atoms with van der Waals surface area (Å²) >= 11 is 1.74. The molecule has 0 aliphatic heterocycles. The Hall–Kier alpha value is -0.420. The molecule has 1 aromatic heterocycles. The van der Waals surface area contributed by atoms with Gasteiger partial charge in [-0.05, 0) is 43.7 Å². The molecule has 1 aromatic rings. The maximum Gasteiger partial charge on any atom is 0.0891 e. The van der Waals surface area contributed by atoms with E-state index in [0.717, 1.165) is 12.8 Å². The van der Waals surface area contributed by atoms with E-state index in [9.17, 15) is 0 Å². The number of rotatable bonds is 7. The molecule has 1 heterocycles. The van der Waals surface area contributed by atoms with Crippen LogP contribution in [0, 0.1) is 6.92 Å². The molecule has 98 valence electrons. The highest BCUT2D eigenvalue weighted by molar-refractivity contribution is 7.10. The van der Waals surface area contributed by atoms with Gasteiger partial charge in [0.2, 0.25) is 0 Å². The Balaban J connectivity index is 3.09. The number of hydrogen-bond acceptors (Lipinski definition) is 4. The number of hydrogen-bond donors (Lipinski definition) is 2. The van der Waals surface area contributed by atoms with Gasteiger partial charge in [0.05, 0.1) is 11.6 Å². The Morgan fingerprint density at radius 3 is 2.41 bits per heavy atom. The summed E-state index contributed by atoms with van der Waals surface area (Å²) in [6, 6.07) is 2.20. The van der Waals surface area contributed by atoms with E-state index in [0.29, 0.717) is 6.61 Å². The molecular formula is C13H24N2OS. The molecule has 1 unspecified atom stereocenters. The van der Waals surface area contributed by atoms with Gasteiger partial charge in [-0.15, -0.1) is 11.3 Å². The lowest BCUT2D eigenvalue weighted by Crippen LogP contribution is -2.47. The standard InChI is InChI=1S/C13H24N2OS/c1-5-13(6-2,16-7-3)12(15-14)11-10(4)8-9-17-11/h8-9,12,15H,5-7,14H2,1-4H3. The highest BCUT2D eigenvalue weighted by Crippen LogP contribution is 2.38. The molecule has 0 aromatic carbocycles. The van der Waals surface area contributed by atoms with Crippen LogP contribution in [0.15, 0.2) is 11.4 Å². The fourth-order valence-electron chi connectivity index (χ4n) is 2.38. The summed E-state index contributed by atoms with van der Waals surface area (Å²) in [4.78, 5) is 1.28. The predicted octanol–water partition coefficient (Wildman–Crippen LogP) is 3.16. The van der Waals surface area contributed by atoms with Crippen molar-refractivity contribution < 1.29 is 4.74 Å². The Morgan fingerprint density at radius 2 is 2.06 bits per heavy atom. The minimum Gasteiger partial charge on any atom is -0.373 e. The Kier molecular flexibility index (Phi) is 5.59. The van der Waals surface area contributed by atoms with Gasteiger partial charge in [-0.3, -0.25) is 5.84 Å². The van der Waals surface area contributed by atoms with Gasteiger partial charge in [0, 0.05) is 11.5 Å². The van der Waals surface area contributed by atoms with Crippen LogP contribution >= 0.6 is 11.3 Å². The molecule has 4 heteroatoms. The van der Waals surface area contributed by atoms with Gasteiger partial charge < -0.3 is 4.74 Å². The lowest BCUT2D eigenvalue weighted by molar-refractivity contribution is -0.0727. The highest BCUT2D eigenvalue weighted by atomic mass is 32.1. The summed E-state index contributed by atoms with van der Waals surface area (Å²) in [6.07, 6.45) is 1.90. The number of nitrogens with one attached hydrogen (secondary N) is 1. The largest absolute Gasteiger partial charge is 0.373 e. The van der Waals surface area contributed by atoms with Crippen molar-refractivity contribution in [2.24, 2.45) is 5.84 Å². The van der Waals surface area contributed by atoms with Crippen LogP contribution < -0.4 is 11.3 Å². The van der Waals surface area contributed by atoms with Crippen LogP contribution in [-0.4, -0.2) is 12.2 Å². The first-order chi connectivity index (χ1) is 8.15. The molecule has 1 atom stereocenters. The molecular weight excluding hydrogens is 232 g/mol. The van der Waals surface area contributed by atoms with Crippen molar-refractivity contribution >= 4 is 11.3 Å². The van der Waals surface area contributed by atoms with Gasteiger partial charge in [0.1, 0.15) is 0 Å². The van der Waals surface area contributed by atoms with Crippen LogP contribution in [0.2, 0.25) is 0 Å². The smallest absolute Gasteiger partial charge is 0.0891 e. The van der Waals surface area contributed by atoms with Crippen molar-refractivity contribution in [1.29, 1.82) is 0 Å². The van der Waals surface area contributed by atoms with Crippen molar-refractivity contribution in [3.63, 3.8) is 0 Å². The number of nitrogens with two attached hydrogens (primary N) is 1. The van der Waals surface area contributed by atoms with E-state index in [1.165, 1.54) is 10.4 Å². The molecule has 0 aliphatic rings. The van der Waals surface area contributed by atoms with E-state index in [4.69, 9.17) is 10.6 Å². The third-order valence-corrected chi connectivity index (χ3v) is 4.57. The van der Waals surface area contributed by atoms with Gasteiger partial charge in [0.25, 0.3) is 0 Å². The van der Waals surface area contributed by atoms with Crippen LogP contribution in [-0.2, 0) is 4.74 Å². The first-order valence-electron chi connectivity index (χ1n) is 6.29. The van der Waals surface area contributed by atoms with E-state index in [-0.39, 0.29) is 11.6 Å². The number of hydrazine groups is 1. The SMILES string of the molecule is CCOC(CC)(CC)C(NN)c1sccc1C. The molecule has 0 spiro atoms. The second-order valence-corrected chi connectivity index (χ2v) is 5.22. The fourth-order valence-corrected chi connectivity index (χ4v) is 3.47. The van der Waals surface area contributed by atoms with Gasteiger partial charge in [-0.2, -0.15) is 0 Å². The average molecular weight is 256 g/mol. The van der Waals surface area contributed by atoms with Gasteiger partial charge in [0.15, 0.2) is 0 Å². The number of aryl methyl sites for hydroxylation is 1. The average Bonchev–Trinajstić information content (AvgIpc) is 2.75. The van der Waals surface area contributed by atoms with Crippen molar-refractivity contribution in [2.45, 2.75) is 52.2 Å². The third kappa shape index (κ3) is 2.88. The second-order valence-electron chi connectivity index (χ2n) is 4.27. The molecule has 17 heavy (non-hydrogen) atoms. The fraction of sp³-hybridized carbons (Fsp3) is 0.692. The normalized spacial score (nSPS) is 13.9. The lowest BCUT2D eigenvalue weighted by Gasteiger charge is -2.39. The van der Waals surface area contributed by atoms with Crippen molar-refractivity contribution in [3.05, 3.63) is 21.9 Å². The first-order valence-corrected chi connectivity index (χ1v) is 7.17. The van der Waals surface area contributed by atoms with E-state index in [2.05, 4.69) is 37.6 Å². The van der Waals surface area contributed by atoms with Crippen molar-refractivity contribution in [1.82, 2.24) is 5.43 Å². The minimum atomic E-state index is -0.209. The number of ether oxygens (including phenoxy) is 1. The number of thiophene rings is 1. The zero-order valence-corrected chi connectivity index (χ0v) is 12.1. The summed E-state index contributed by atoms with van der Waals surface area (Å²) in [6.45, 7) is 9.19. The summed E-state index contributed by atoms with van der Waals surface area (Å²) in [5.74, 6) is 5.78. The van der Waals surface area contributed by atoms with Gasteiger partial charge in [-0.1, -0.05) is 13.8 Å². The van der Waals surface area contributed by atoms with E-state index in [1.807, 2.05) is 6.92 Å². The molecule has 3 nitrogen and oxygen atoms in total. The third-order valence-electron chi connectivity index (χ3n) is 3.49. The maximum atomic E-state index is 6.02. The maximum absolute atomic E-state index is 6.02. The van der Waals surface area contributed by atoms with Crippen molar-refractivity contribution in [2.75, 3.05) is 6.61 Å². The molecule has 1 rings (SSSR count). The van der Waals surface area contributed by atoms with E-state index >= 15 is 0 Å². The molecule has 0 radical (unpaired) electrons. The highest BCUT2D eigenvalue weighted by Gasteiger charge is 2.38. The van der Waals surface area contributed by atoms with Crippen LogP contribution in [0.3, 0.4) is 0 Å². The molecule has 0 aliphatic carbocycles. The molecule has 0 amide bonds. The van der Waals surface area contributed by atoms with Crippen molar-refractivity contribution in [3.8, 4) is 0 Å². The Labute approximate surface area is 108 Å². The zero-order valence-electron chi connectivity index (χ0n) is 11.2. The topological polar surface area (TPSA) is 47.3 Å². The van der Waals surface area contributed by atoms with E-state index < -0.39 is 0 Å². The van der Waals surface area contributed by atoms with Gasteiger partial charge in [-0.25, -0.2) is 5.43 Å². The summed E-state index contributed by atoms with van der Waals surface area (Å²) in [7, 11) is 0. The summed E-state index contributed by atoms with van der Waals surface area (Å²) in [5.41, 5.74) is 4.03.